The Labute approximate surface area is 118 Å². The zero-order chi connectivity index (χ0) is 14.4. The summed E-state index contributed by atoms with van der Waals surface area (Å²) in [7, 11) is 0. The number of carbonyl (C=O) groups excluding carboxylic acids is 1. The lowest BCUT2D eigenvalue weighted by Crippen LogP contribution is -2.28. The standard InChI is InChI=1S/C13H21N3O2S/c1-5-10(17)6-7-14-12(18)11-8(2)15-9(3)16-13(11)19-4/h10,17H,5-7H2,1-4H3,(H,14,18). The number of thioether (sulfide) groups is 1. The van der Waals surface area contributed by atoms with E-state index in [1.807, 2.05) is 27.0 Å². The van der Waals surface area contributed by atoms with Gasteiger partial charge in [-0.05, 0) is 32.9 Å². The van der Waals surface area contributed by atoms with Gasteiger partial charge < -0.3 is 10.4 Å². The first-order chi connectivity index (χ1) is 8.99. The van der Waals surface area contributed by atoms with Crippen molar-refractivity contribution in [2.24, 2.45) is 0 Å². The molecule has 1 rings (SSSR count). The Morgan fingerprint density at radius 3 is 2.68 bits per heavy atom. The third-order valence-corrected chi connectivity index (χ3v) is 3.51. The fourth-order valence-electron chi connectivity index (χ4n) is 1.74. The molecule has 0 radical (unpaired) electrons. The second-order valence-electron chi connectivity index (χ2n) is 4.35. The highest BCUT2D eigenvalue weighted by Gasteiger charge is 2.17. The molecule has 1 atom stereocenters. The van der Waals surface area contributed by atoms with Gasteiger partial charge in [0.05, 0.1) is 17.4 Å². The summed E-state index contributed by atoms with van der Waals surface area (Å²) in [6.07, 6.45) is 2.77. The average molecular weight is 283 g/mol. The van der Waals surface area contributed by atoms with Crippen LogP contribution in [-0.2, 0) is 0 Å². The quantitative estimate of drug-likeness (QED) is 0.614. The Kier molecular flexibility index (Phi) is 6.24. The van der Waals surface area contributed by atoms with Crippen molar-refractivity contribution in [2.45, 2.75) is 44.7 Å². The molecule has 0 spiro atoms. The van der Waals surface area contributed by atoms with Crippen molar-refractivity contribution in [3.63, 3.8) is 0 Å². The molecule has 0 bridgehead atoms. The van der Waals surface area contributed by atoms with Crippen molar-refractivity contribution in [1.82, 2.24) is 15.3 Å². The van der Waals surface area contributed by atoms with E-state index >= 15 is 0 Å². The molecule has 0 aliphatic heterocycles. The van der Waals surface area contributed by atoms with Crippen LogP contribution in [0.3, 0.4) is 0 Å². The van der Waals surface area contributed by atoms with Crippen LogP contribution in [0.2, 0.25) is 0 Å². The molecule has 1 aromatic heterocycles. The fourth-order valence-corrected chi connectivity index (χ4v) is 2.40. The number of aliphatic hydroxyl groups excluding tert-OH is 1. The smallest absolute Gasteiger partial charge is 0.255 e. The molecule has 0 saturated carbocycles. The Bertz CT molecular complexity index is 452. The molecule has 0 aliphatic carbocycles. The van der Waals surface area contributed by atoms with E-state index < -0.39 is 0 Å². The second-order valence-corrected chi connectivity index (χ2v) is 5.14. The largest absolute Gasteiger partial charge is 0.393 e. The number of carbonyl (C=O) groups is 1. The molecule has 2 N–H and O–H groups in total. The Morgan fingerprint density at radius 1 is 1.42 bits per heavy atom. The normalized spacial score (nSPS) is 12.3. The van der Waals surface area contributed by atoms with Gasteiger partial charge in [0, 0.05) is 6.54 Å². The zero-order valence-corrected chi connectivity index (χ0v) is 12.7. The van der Waals surface area contributed by atoms with Crippen LogP contribution in [0.25, 0.3) is 0 Å². The first kappa shape index (κ1) is 15.9. The Morgan fingerprint density at radius 2 is 2.11 bits per heavy atom. The number of nitrogens with zero attached hydrogens (tertiary/aromatic N) is 2. The van der Waals surface area contributed by atoms with E-state index in [2.05, 4.69) is 15.3 Å². The molecule has 19 heavy (non-hydrogen) atoms. The third-order valence-electron chi connectivity index (χ3n) is 2.82. The average Bonchev–Trinajstić information content (AvgIpc) is 2.37. The first-order valence-electron chi connectivity index (χ1n) is 6.35. The van der Waals surface area contributed by atoms with Gasteiger partial charge in [-0.1, -0.05) is 6.92 Å². The lowest BCUT2D eigenvalue weighted by atomic mass is 10.2. The fraction of sp³-hybridized carbons (Fsp3) is 0.615. The summed E-state index contributed by atoms with van der Waals surface area (Å²) in [6, 6.07) is 0. The molecule has 1 aromatic rings. The van der Waals surface area contributed by atoms with Crippen LogP contribution in [-0.4, -0.2) is 39.9 Å². The van der Waals surface area contributed by atoms with Gasteiger partial charge >= 0.3 is 0 Å². The molecule has 1 unspecified atom stereocenters. The van der Waals surface area contributed by atoms with Crippen molar-refractivity contribution in [3.8, 4) is 0 Å². The number of aromatic nitrogens is 2. The maximum Gasteiger partial charge on any atom is 0.255 e. The predicted molar refractivity (Wildman–Crippen MR) is 76.5 cm³/mol. The number of aliphatic hydroxyl groups is 1. The van der Waals surface area contributed by atoms with E-state index in [0.29, 0.717) is 41.5 Å². The van der Waals surface area contributed by atoms with Gasteiger partial charge in [-0.25, -0.2) is 9.97 Å². The van der Waals surface area contributed by atoms with Crippen LogP contribution in [0.1, 0.15) is 41.6 Å². The van der Waals surface area contributed by atoms with Gasteiger partial charge in [-0.3, -0.25) is 4.79 Å². The predicted octanol–water partition coefficient (Wildman–Crippen LogP) is 1.71. The third kappa shape index (κ3) is 4.47. The van der Waals surface area contributed by atoms with Crippen molar-refractivity contribution in [3.05, 3.63) is 17.1 Å². The van der Waals surface area contributed by atoms with Crippen molar-refractivity contribution in [1.29, 1.82) is 0 Å². The molecule has 0 aliphatic rings. The lowest BCUT2D eigenvalue weighted by Gasteiger charge is -2.12. The summed E-state index contributed by atoms with van der Waals surface area (Å²) in [5.41, 5.74) is 1.22. The summed E-state index contributed by atoms with van der Waals surface area (Å²) in [6.45, 7) is 5.99. The first-order valence-corrected chi connectivity index (χ1v) is 7.57. The number of hydrogen-bond acceptors (Lipinski definition) is 5. The van der Waals surface area contributed by atoms with Gasteiger partial charge in [0.15, 0.2) is 0 Å². The van der Waals surface area contributed by atoms with E-state index in [-0.39, 0.29) is 12.0 Å². The number of amides is 1. The topological polar surface area (TPSA) is 75.1 Å². The second kappa shape index (κ2) is 7.45. The van der Waals surface area contributed by atoms with Gasteiger partial charge in [0.25, 0.3) is 5.91 Å². The minimum Gasteiger partial charge on any atom is -0.393 e. The highest BCUT2D eigenvalue weighted by molar-refractivity contribution is 7.98. The molecular weight excluding hydrogens is 262 g/mol. The van der Waals surface area contributed by atoms with E-state index in [9.17, 15) is 9.90 Å². The van der Waals surface area contributed by atoms with Gasteiger partial charge in [-0.15, -0.1) is 11.8 Å². The van der Waals surface area contributed by atoms with Crippen LogP contribution in [0, 0.1) is 13.8 Å². The summed E-state index contributed by atoms with van der Waals surface area (Å²) < 4.78 is 0. The van der Waals surface area contributed by atoms with Crippen LogP contribution >= 0.6 is 11.8 Å². The van der Waals surface area contributed by atoms with Gasteiger partial charge in [0.2, 0.25) is 0 Å². The van der Waals surface area contributed by atoms with Crippen LogP contribution < -0.4 is 5.32 Å². The summed E-state index contributed by atoms with van der Waals surface area (Å²) in [4.78, 5) is 20.6. The van der Waals surface area contributed by atoms with Crippen molar-refractivity contribution < 1.29 is 9.90 Å². The molecule has 106 valence electrons. The highest BCUT2D eigenvalue weighted by atomic mass is 32.2. The molecule has 6 heteroatoms. The lowest BCUT2D eigenvalue weighted by molar-refractivity contribution is 0.0937. The molecule has 0 fully saturated rings. The maximum absolute atomic E-state index is 12.1. The van der Waals surface area contributed by atoms with Crippen LogP contribution in [0.4, 0.5) is 0 Å². The summed E-state index contributed by atoms with van der Waals surface area (Å²) in [5, 5.41) is 13.0. The van der Waals surface area contributed by atoms with E-state index in [0.717, 1.165) is 0 Å². The monoisotopic (exact) mass is 283 g/mol. The maximum atomic E-state index is 12.1. The van der Waals surface area contributed by atoms with Gasteiger partial charge in [-0.2, -0.15) is 0 Å². The van der Waals surface area contributed by atoms with Crippen molar-refractivity contribution in [2.75, 3.05) is 12.8 Å². The minimum absolute atomic E-state index is 0.176. The van der Waals surface area contributed by atoms with Crippen molar-refractivity contribution >= 4 is 17.7 Å². The summed E-state index contributed by atoms with van der Waals surface area (Å²) in [5.74, 6) is 0.491. The minimum atomic E-state index is -0.365. The molecule has 1 heterocycles. The summed E-state index contributed by atoms with van der Waals surface area (Å²) >= 11 is 1.44. The highest BCUT2D eigenvalue weighted by Crippen LogP contribution is 2.20. The van der Waals surface area contributed by atoms with E-state index in [1.54, 1.807) is 0 Å². The number of aryl methyl sites for hydroxylation is 2. The van der Waals surface area contributed by atoms with E-state index in [4.69, 9.17) is 0 Å². The molecular formula is C13H21N3O2S. The number of rotatable bonds is 6. The molecule has 1 amide bonds. The molecule has 5 nitrogen and oxygen atoms in total. The zero-order valence-electron chi connectivity index (χ0n) is 11.9. The van der Waals surface area contributed by atoms with Crippen LogP contribution in [0.15, 0.2) is 5.03 Å². The number of hydrogen-bond donors (Lipinski definition) is 2. The molecule has 0 saturated heterocycles. The SMILES string of the molecule is CCC(O)CCNC(=O)c1c(C)nc(C)nc1SC. The number of nitrogens with one attached hydrogen (secondary N) is 1. The van der Waals surface area contributed by atoms with Gasteiger partial charge in [0.1, 0.15) is 10.9 Å². The van der Waals surface area contributed by atoms with E-state index in [1.165, 1.54) is 11.8 Å². The Balaban J connectivity index is 2.76. The van der Waals surface area contributed by atoms with Crippen LogP contribution in [0.5, 0.6) is 0 Å². The molecule has 0 aromatic carbocycles. The Hall–Kier alpha value is -1.14.